The van der Waals surface area contributed by atoms with Gasteiger partial charge in [-0.25, -0.2) is 13.6 Å². The van der Waals surface area contributed by atoms with Gasteiger partial charge in [0, 0.05) is 0 Å². The monoisotopic (exact) mass is 301 g/mol. The summed E-state index contributed by atoms with van der Waals surface area (Å²) in [5, 5.41) is 4.87. The summed E-state index contributed by atoms with van der Waals surface area (Å²) in [6.07, 6.45) is 0. The molecular formula is C14H23NO4S. The molecule has 0 spiro atoms. The SMILES string of the molecule is Cc1ccc(C(C)C)cc1OCCOCCS(N)(=O)=O. The van der Waals surface area contributed by atoms with E-state index in [1.807, 2.05) is 19.1 Å². The van der Waals surface area contributed by atoms with Gasteiger partial charge in [-0.1, -0.05) is 26.0 Å². The van der Waals surface area contributed by atoms with E-state index in [1.54, 1.807) is 0 Å². The Hall–Kier alpha value is -1.11. The van der Waals surface area contributed by atoms with Crippen LogP contribution in [0.4, 0.5) is 0 Å². The van der Waals surface area contributed by atoms with Crippen molar-refractivity contribution in [1.29, 1.82) is 0 Å². The fraction of sp³-hybridized carbons (Fsp3) is 0.571. The van der Waals surface area contributed by atoms with Gasteiger partial charge >= 0.3 is 0 Å². The van der Waals surface area contributed by atoms with Gasteiger partial charge in [0.15, 0.2) is 0 Å². The number of hydrogen-bond donors (Lipinski definition) is 1. The van der Waals surface area contributed by atoms with Crippen LogP contribution in [0.5, 0.6) is 5.75 Å². The van der Waals surface area contributed by atoms with E-state index in [-0.39, 0.29) is 12.4 Å². The van der Waals surface area contributed by atoms with Crippen molar-refractivity contribution in [1.82, 2.24) is 0 Å². The van der Waals surface area contributed by atoms with Gasteiger partial charge in [0.1, 0.15) is 12.4 Å². The summed E-state index contributed by atoms with van der Waals surface area (Å²) in [6.45, 7) is 7.05. The first-order valence-electron chi connectivity index (χ1n) is 6.61. The predicted octanol–water partition coefficient (Wildman–Crippen LogP) is 1.80. The number of sulfonamides is 1. The maximum absolute atomic E-state index is 10.7. The number of hydrogen-bond acceptors (Lipinski definition) is 4. The summed E-state index contributed by atoms with van der Waals surface area (Å²) < 4.78 is 32.2. The molecule has 0 aliphatic heterocycles. The second-order valence-corrected chi connectivity index (χ2v) is 6.74. The molecule has 0 atom stereocenters. The van der Waals surface area contributed by atoms with Crippen LogP contribution in [0.2, 0.25) is 0 Å². The number of ether oxygens (including phenoxy) is 2. The van der Waals surface area contributed by atoms with Gasteiger partial charge in [-0.05, 0) is 30.0 Å². The largest absolute Gasteiger partial charge is 0.491 e. The molecular weight excluding hydrogens is 278 g/mol. The van der Waals surface area contributed by atoms with Crippen molar-refractivity contribution in [2.45, 2.75) is 26.7 Å². The number of rotatable bonds is 8. The fourth-order valence-electron chi connectivity index (χ4n) is 1.62. The van der Waals surface area contributed by atoms with Crippen molar-refractivity contribution in [3.8, 4) is 5.75 Å². The molecule has 0 heterocycles. The van der Waals surface area contributed by atoms with Crippen molar-refractivity contribution in [2.24, 2.45) is 5.14 Å². The van der Waals surface area contributed by atoms with Gasteiger partial charge in [-0.15, -0.1) is 0 Å². The quantitative estimate of drug-likeness (QED) is 0.743. The Balaban J connectivity index is 2.37. The van der Waals surface area contributed by atoms with Crippen LogP contribution >= 0.6 is 0 Å². The van der Waals surface area contributed by atoms with Crippen LogP contribution < -0.4 is 9.88 Å². The maximum Gasteiger partial charge on any atom is 0.211 e. The lowest BCUT2D eigenvalue weighted by molar-refractivity contribution is 0.111. The Bertz CT molecular complexity index is 526. The number of nitrogens with two attached hydrogens (primary N) is 1. The maximum atomic E-state index is 10.7. The zero-order chi connectivity index (χ0) is 15.2. The van der Waals surface area contributed by atoms with E-state index in [1.165, 1.54) is 5.56 Å². The molecule has 0 radical (unpaired) electrons. The van der Waals surface area contributed by atoms with Crippen molar-refractivity contribution in [3.05, 3.63) is 29.3 Å². The van der Waals surface area contributed by atoms with Crippen LogP contribution in [0, 0.1) is 6.92 Å². The fourth-order valence-corrected chi connectivity index (χ4v) is 1.97. The van der Waals surface area contributed by atoms with Gasteiger partial charge in [0.2, 0.25) is 10.0 Å². The van der Waals surface area contributed by atoms with Crippen molar-refractivity contribution in [3.63, 3.8) is 0 Å². The van der Waals surface area contributed by atoms with E-state index in [9.17, 15) is 8.42 Å². The highest BCUT2D eigenvalue weighted by molar-refractivity contribution is 7.89. The Morgan fingerprint density at radius 3 is 2.50 bits per heavy atom. The van der Waals surface area contributed by atoms with E-state index in [4.69, 9.17) is 14.6 Å². The van der Waals surface area contributed by atoms with Crippen LogP contribution in [0.25, 0.3) is 0 Å². The molecule has 1 aromatic carbocycles. The second-order valence-electron chi connectivity index (χ2n) is 5.01. The van der Waals surface area contributed by atoms with Gasteiger partial charge in [-0.2, -0.15) is 0 Å². The third-order valence-electron chi connectivity index (χ3n) is 2.88. The molecule has 0 aliphatic carbocycles. The highest BCUT2D eigenvalue weighted by Gasteiger charge is 2.05. The average Bonchev–Trinajstić information content (AvgIpc) is 2.34. The minimum Gasteiger partial charge on any atom is -0.491 e. The highest BCUT2D eigenvalue weighted by atomic mass is 32.2. The molecule has 1 rings (SSSR count). The summed E-state index contributed by atoms with van der Waals surface area (Å²) in [4.78, 5) is 0. The average molecular weight is 301 g/mol. The first-order chi connectivity index (χ1) is 9.29. The standard InChI is InChI=1S/C14H23NO4S/c1-11(2)13-5-4-12(3)14(10-13)19-7-6-18-8-9-20(15,16)17/h4-5,10-11H,6-9H2,1-3H3,(H2,15,16,17). The lowest BCUT2D eigenvalue weighted by Gasteiger charge is -2.13. The molecule has 2 N–H and O–H groups in total. The summed E-state index contributed by atoms with van der Waals surface area (Å²) in [5.41, 5.74) is 2.29. The van der Waals surface area contributed by atoms with Gasteiger partial charge < -0.3 is 9.47 Å². The van der Waals surface area contributed by atoms with Crippen LogP contribution in [0.1, 0.15) is 30.9 Å². The van der Waals surface area contributed by atoms with E-state index >= 15 is 0 Å². The van der Waals surface area contributed by atoms with Gasteiger partial charge in [0.05, 0.1) is 19.0 Å². The number of benzene rings is 1. The molecule has 0 aromatic heterocycles. The van der Waals surface area contributed by atoms with E-state index in [0.29, 0.717) is 19.1 Å². The van der Waals surface area contributed by atoms with Crippen LogP contribution in [0.3, 0.4) is 0 Å². The zero-order valence-electron chi connectivity index (χ0n) is 12.3. The molecule has 0 unspecified atom stereocenters. The lowest BCUT2D eigenvalue weighted by atomic mass is 10.0. The Morgan fingerprint density at radius 1 is 1.20 bits per heavy atom. The van der Waals surface area contributed by atoms with E-state index in [2.05, 4.69) is 19.9 Å². The first-order valence-corrected chi connectivity index (χ1v) is 8.32. The molecule has 0 saturated carbocycles. The van der Waals surface area contributed by atoms with Crippen molar-refractivity contribution >= 4 is 10.0 Å². The summed E-state index contributed by atoms with van der Waals surface area (Å²) >= 11 is 0. The Morgan fingerprint density at radius 2 is 1.90 bits per heavy atom. The molecule has 0 aliphatic rings. The Labute approximate surface area is 121 Å². The minimum atomic E-state index is -3.45. The molecule has 0 saturated heterocycles. The van der Waals surface area contributed by atoms with Crippen LogP contribution in [-0.4, -0.2) is 34.0 Å². The number of aryl methyl sites for hydroxylation is 1. The predicted molar refractivity (Wildman–Crippen MR) is 79.6 cm³/mol. The minimum absolute atomic E-state index is 0.0905. The second kappa shape index (κ2) is 7.61. The van der Waals surface area contributed by atoms with Crippen molar-refractivity contribution < 1.29 is 17.9 Å². The van der Waals surface area contributed by atoms with E-state index < -0.39 is 10.0 Å². The molecule has 5 nitrogen and oxygen atoms in total. The summed E-state index contributed by atoms with van der Waals surface area (Å²) in [7, 11) is -3.45. The zero-order valence-corrected chi connectivity index (χ0v) is 13.1. The lowest BCUT2D eigenvalue weighted by Crippen LogP contribution is -2.21. The number of primary sulfonamides is 1. The normalized spacial score (nSPS) is 11.8. The molecule has 114 valence electrons. The highest BCUT2D eigenvalue weighted by Crippen LogP contribution is 2.24. The Kier molecular flexibility index (Phi) is 6.45. The van der Waals surface area contributed by atoms with Crippen LogP contribution in [0.15, 0.2) is 18.2 Å². The third kappa shape index (κ3) is 6.36. The van der Waals surface area contributed by atoms with Crippen molar-refractivity contribution in [2.75, 3.05) is 25.6 Å². The van der Waals surface area contributed by atoms with Crippen LogP contribution in [-0.2, 0) is 14.8 Å². The summed E-state index contributed by atoms with van der Waals surface area (Å²) in [6, 6.07) is 6.16. The molecule has 1 aromatic rings. The third-order valence-corrected chi connectivity index (χ3v) is 3.61. The molecule has 20 heavy (non-hydrogen) atoms. The topological polar surface area (TPSA) is 78.6 Å². The molecule has 0 amide bonds. The summed E-state index contributed by atoms with van der Waals surface area (Å²) in [5.74, 6) is 1.12. The van der Waals surface area contributed by atoms with E-state index in [0.717, 1.165) is 11.3 Å². The van der Waals surface area contributed by atoms with Gasteiger partial charge in [0.25, 0.3) is 0 Å². The smallest absolute Gasteiger partial charge is 0.211 e. The molecule has 6 heteroatoms. The molecule has 0 fully saturated rings. The van der Waals surface area contributed by atoms with Gasteiger partial charge in [-0.3, -0.25) is 0 Å². The first kappa shape index (κ1) is 16.9. The molecule has 0 bridgehead atoms.